The van der Waals surface area contributed by atoms with Gasteiger partial charge in [0.05, 0.1) is 13.1 Å². The van der Waals surface area contributed by atoms with Crippen molar-refractivity contribution in [2.45, 2.75) is 13.1 Å². The molecule has 0 saturated heterocycles. The van der Waals surface area contributed by atoms with Gasteiger partial charge in [-0.1, -0.05) is 30.3 Å². The van der Waals surface area contributed by atoms with E-state index >= 15 is 0 Å². The van der Waals surface area contributed by atoms with Crippen LogP contribution in [0.4, 0.5) is 5.95 Å². The number of nitrogens with one attached hydrogen (secondary N) is 1. The molecule has 0 aliphatic carbocycles. The van der Waals surface area contributed by atoms with Crippen LogP contribution in [0.3, 0.4) is 0 Å². The number of nitrogens with zero attached hydrogens (tertiary/aromatic N) is 5. The van der Waals surface area contributed by atoms with Gasteiger partial charge in [-0.25, -0.2) is 9.67 Å². The number of hydrogen-bond acceptors (Lipinski definition) is 5. The molecule has 0 aliphatic rings. The number of hydrogen-bond donors (Lipinski definition) is 1. The van der Waals surface area contributed by atoms with Crippen LogP contribution in [0.5, 0.6) is 0 Å². The van der Waals surface area contributed by atoms with Crippen LogP contribution >= 0.6 is 0 Å². The fourth-order valence-corrected chi connectivity index (χ4v) is 2.50. The molecule has 0 fully saturated rings. The van der Waals surface area contributed by atoms with Crippen molar-refractivity contribution in [3.05, 3.63) is 84.3 Å². The smallest absolute Gasteiger partial charge is 0.293 e. The van der Waals surface area contributed by atoms with E-state index in [-0.39, 0.29) is 11.7 Å². The lowest BCUT2D eigenvalue weighted by Gasteiger charge is -2.00. The fourth-order valence-electron chi connectivity index (χ4n) is 2.50. The second-order valence-electron chi connectivity index (χ2n) is 5.68. The lowest BCUT2D eigenvalue weighted by atomic mass is 10.2. The SMILES string of the molecule is O=C(Nc1ncn(Cc2ccccc2)n1)c1ccc(Cn2cccn2)o1. The van der Waals surface area contributed by atoms with E-state index in [9.17, 15) is 4.79 Å². The van der Waals surface area contributed by atoms with E-state index in [2.05, 4.69) is 20.5 Å². The maximum atomic E-state index is 12.3. The number of furan rings is 1. The Morgan fingerprint density at radius 2 is 1.92 bits per heavy atom. The number of amides is 1. The van der Waals surface area contributed by atoms with Crippen molar-refractivity contribution in [2.24, 2.45) is 0 Å². The quantitative estimate of drug-likeness (QED) is 0.578. The minimum atomic E-state index is -0.394. The molecule has 3 heterocycles. The van der Waals surface area contributed by atoms with E-state index < -0.39 is 5.91 Å². The highest BCUT2D eigenvalue weighted by molar-refractivity contribution is 6.01. The van der Waals surface area contributed by atoms with Crippen LogP contribution in [0.15, 0.2) is 71.7 Å². The Balaban J connectivity index is 1.38. The minimum Gasteiger partial charge on any atom is -0.454 e. The predicted octanol–water partition coefficient (Wildman–Crippen LogP) is 2.42. The van der Waals surface area contributed by atoms with Crippen LogP contribution in [-0.2, 0) is 13.1 Å². The van der Waals surface area contributed by atoms with Crippen LogP contribution in [0.2, 0.25) is 0 Å². The average molecular weight is 348 g/mol. The zero-order valence-corrected chi connectivity index (χ0v) is 13.8. The molecule has 8 heteroatoms. The highest BCUT2D eigenvalue weighted by atomic mass is 16.4. The van der Waals surface area contributed by atoms with Gasteiger partial charge in [0, 0.05) is 12.4 Å². The first-order chi connectivity index (χ1) is 12.8. The highest BCUT2D eigenvalue weighted by Gasteiger charge is 2.14. The van der Waals surface area contributed by atoms with Crippen LogP contribution in [-0.4, -0.2) is 30.5 Å². The molecule has 0 unspecified atom stereocenters. The first-order valence-corrected chi connectivity index (χ1v) is 8.07. The highest BCUT2D eigenvalue weighted by Crippen LogP contribution is 2.11. The first kappa shape index (κ1) is 15.8. The second kappa shape index (κ2) is 7.06. The second-order valence-corrected chi connectivity index (χ2v) is 5.68. The Labute approximate surface area is 149 Å². The van der Waals surface area contributed by atoms with Crippen molar-refractivity contribution in [3.63, 3.8) is 0 Å². The van der Waals surface area contributed by atoms with E-state index in [1.165, 1.54) is 0 Å². The van der Waals surface area contributed by atoms with Gasteiger partial charge in [-0.15, -0.1) is 5.10 Å². The molecule has 26 heavy (non-hydrogen) atoms. The summed E-state index contributed by atoms with van der Waals surface area (Å²) in [5.74, 6) is 0.679. The third kappa shape index (κ3) is 3.69. The fraction of sp³-hybridized carbons (Fsp3) is 0.111. The number of benzene rings is 1. The van der Waals surface area contributed by atoms with Crippen molar-refractivity contribution in [2.75, 3.05) is 5.32 Å². The maximum Gasteiger partial charge on any atom is 0.293 e. The zero-order chi connectivity index (χ0) is 17.8. The Kier molecular flexibility index (Phi) is 4.29. The summed E-state index contributed by atoms with van der Waals surface area (Å²) >= 11 is 0. The van der Waals surface area contributed by atoms with Crippen molar-refractivity contribution >= 4 is 11.9 Å². The Hall–Kier alpha value is -3.68. The van der Waals surface area contributed by atoms with Crippen molar-refractivity contribution in [3.8, 4) is 0 Å². The van der Waals surface area contributed by atoms with Crippen LogP contribution in [0.1, 0.15) is 21.9 Å². The summed E-state index contributed by atoms with van der Waals surface area (Å²) in [7, 11) is 0. The largest absolute Gasteiger partial charge is 0.454 e. The standard InChI is InChI=1S/C18H16N6O2/c25-17(16-8-7-15(26-16)12-23-10-4-9-20-23)21-18-19-13-24(22-18)11-14-5-2-1-3-6-14/h1-10,13H,11-12H2,(H,21,22,25). The van der Waals surface area contributed by atoms with Gasteiger partial charge in [0.2, 0.25) is 5.95 Å². The maximum absolute atomic E-state index is 12.3. The summed E-state index contributed by atoms with van der Waals surface area (Å²) in [6, 6.07) is 15.1. The summed E-state index contributed by atoms with van der Waals surface area (Å²) < 4.78 is 8.94. The number of rotatable bonds is 6. The molecule has 8 nitrogen and oxygen atoms in total. The average Bonchev–Trinajstić information content (AvgIpc) is 3.39. The molecule has 1 N–H and O–H groups in total. The normalized spacial score (nSPS) is 10.8. The Bertz CT molecular complexity index is 988. The number of anilines is 1. The molecule has 0 bridgehead atoms. The lowest BCUT2D eigenvalue weighted by Crippen LogP contribution is -2.12. The molecule has 0 saturated carbocycles. The summed E-state index contributed by atoms with van der Waals surface area (Å²) in [6.45, 7) is 1.04. The third-order valence-corrected chi connectivity index (χ3v) is 3.71. The van der Waals surface area contributed by atoms with E-state index in [0.29, 0.717) is 18.8 Å². The molecule has 130 valence electrons. The van der Waals surface area contributed by atoms with Gasteiger partial charge in [0.1, 0.15) is 12.1 Å². The van der Waals surface area contributed by atoms with Crippen LogP contribution < -0.4 is 5.32 Å². The number of carbonyl (C=O) groups is 1. The molecule has 0 radical (unpaired) electrons. The van der Waals surface area contributed by atoms with Gasteiger partial charge in [0.15, 0.2) is 5.76 Å². The molecule has 0 atom stereocenters. The van der Waals surface area contributed by atoms with Crippen LogP contribution in [0.25, 0.3) is 0 Å². The Morgan fingerprint density at radius 3 is 2.73 bits per heavy atom. The molecular formula is C18H16N6O2. The van der Waals surface area contributed by atoms with E-state index in [1.54, 1.807) is 34.0 Å². The molecule has 0 spiro atoms. The molecule has 3 aromatic heterocycles. The molecular weight excluding hydrogens is 332 g/mol. The summed E-state index contributed by atoms with van der Waals surface area (Å²) in [4.78, 5) is 16.4. The molecule has 0 aliphatic heterocycles. The Morgan fingerprint density at radius 1 is 1.04 bits per heavy atom. The van der Waals surface area contributed by atoms with Crippen LogP contribution in [0, 0.1) is 0 Å². The van der Waals surface area contributed by atoms with Gasteiger partial charge < -0.3 is 4.42 Å². The summed E-state index contributed by atoms with van der Waals surface area (Å²) in [6.07, 6.45) is 5.09. The molecule has 1 amide bonds. The topological polar surface area (TPSA) is 90.8 Å². The first-order valence-electron chi connectivity index (χ1n) is 8.07. The molecule has 4 rings (SSSR count). The van der Waals surface area contributed by atoms with Gasteiger partial charge in [-0.05, 0) is 23.8 Å². The zero-order valence-electron chi connectivity index (χ0n) is 13.8. The third-order valence-electron chi connectivity index (χ3n) is 3.71. The lowest BCUT2D eigenvalue weighted by molar-refractivity contribution is 0.0993. The van der Waals surface area contributed by atoms with Crippen molar-refractivity contribution < 1.29 is 9.21 Å². The van der Waals surface area contributed by atoms with Crippen molar-refractivity contribution in [1.82, 2.24) is 24.5 Å². The minimum absolute atomic E-state index is 0.201. The summed E-state index contributed by atoms with van der Waals surface area (Å²) in [5, 5.41) is 11.0. The molecule has 4 aromatic rings. The van der Waals surface area contributed by atoms with Gasteiger partial charge in [-0.2, -0.15) is 5.10 Å². The number of aromatic nitrogens is 5. The van der Waals surface area contributed by atoms with Gasteiger partial charge >= 0.3 is 0 Å². The van der Waals surface area contributed by atoms with E-state index in [0.717, 1.165) is 5.56 Å². The van der Waals surface area contributed by atoms with Gasteiger partial charge in [0.25, 0.3) is 5.91 Å². The predicted molar refractivity (Wildman–Crippen MR) is 93.6 cm³/mol. The number of carbonyl (C=O) groups excluding carboxylic acids is 1. The van der Waals surface area contributed by atoms with E-state index in [4.69, 9.17) is 4.42 Å². The monoisotopic (exact) mass is 348 g/mol. The molecule has 1 aromatic carbocycles. The summed E-state index contributed by atoms with van der Waals surface area (Å²) in [5.41, 5.74) is 1.10. The van der Waals surface area contributed by atoms with Crippen molar-refractivity contribution in [1.29, 1.82) is 0 Å². The van der Waals surface area contributed by atoms with Gasteiger partial charge in [-0.3, -0.25) is 14.8 Å². The van der Waals surface area contributed by atoms with E-state index in [1.807, 2.05) is 42.6 Å².